The number of hydrogen-bond donors (Lipinski definition) is 3. The Hall–Kier alpha value is -0.190. The molecule has 0 radical (unpaired) electrons. The first-order chi connectivity index (χ1) is 13.5. The van der Waals surface area contributed by atoms with Crippen LogP contribution in [0.15, 0.2) is 12.2 Å². The number of unbranched alkanes of at least 4 members (excludes halogenated alkanes) is 12. The predicted octanol–water partition coefficient (Wildman–Crippen LogP) is 5.99. The monoisotopic (exact) mass is 434 g/mol. The Kier molecular flexibility index (Phi) is 15.5. The minimum absolute atomic E-state index is 0.0618. The highest BCUT2D eigenvalue weighted by Crippen LogP contribution is 2.52. The van der Waals surface area contributed by atoms with Crippen LogP contribution in [0.1, 0.15) is 103 Å². The van der Waals surface area contributed by atoms with Gasteiger partial charge in [-0.1, -0.05) is 83.3 Å². The first-order valence-corrected chi connectivity index (χ1v) is 13.4. The van der Waals surface area contributed by atoms with Crippen molar-refractivity contribution in [2.45, 2.75) is 109 Å². The van der Waals surface area contributed by atoms with Crippen LogP contribution in [0.5, 0.6) is 0 Å². The fourth-order valence-corrected chi connectivity index (χ4v) is 4.80. The molecule has 0 aliphatic heterocycles. The molecule has 0 aliphatic rings. The minimum Gasteiger partial charge on any atom is -0.373 e. The van der Waals surface area contributed by atoms with Crippen LogP contribution in [-0.4, -0.2) is 52.4 Å². The lowest BCUT2D eigenvalue weighted by atomic mass is 10.0. The van der Waals surface area contributed by atoms with Gasteiger partial charge < -0.3 is 19.4 Å². The number of rotatable bonds is 19. The van der Waals surface area contributed by atoms with E-state index in [1.807, 2.05) is 21.1 Å². The van der Waals surface area contributed by atoms with E-state index < -0.39 is 12.9 Å². The molecule has 0 spiro atoms. The highest BCUT2D eigenvalue weighted by Gasteiger charge is 2.48. The van der Waals surface area contributed by atoms with Gasteiger partial charge in [0.05, 0.1) is 21.1 Å². The number of nitrogens with zero attached hydrogens (tertiary/aromatic N) is 1. The average Bonchev–Trinajstić information content (AvgIpc) is 2.59. The van der Waals surface area contributed by atoms with Crippen molar-refractivity contribution in [3.63, 3.8) is 0 Å². The molecule has 0 heterocycles. The second kappa shape index (κ2) is 15.6. The summed E-state index contributed by atoms with van der Waals surface area (Å²) >= 11 is 0. The van der Waals surface area contributed by atoms with E-state index in [4.69, 9.17) is 0 Å². The van der Waals surface area contributed by atoms with Crippen LogP contribution in [0.25, 0.3) is 0 Å². The Labute approximate surface area is 180 Å². The van der Waals surface area contributed by atoms with Gasteiger partial charge in [0.15, 0.2) is 0 Å². The van der Waals surface area contributed by atoms with E-state index in [0.717, 1.165) is 12.8 Å². The smallest absolute Gasteiger partial charge is 0.362 e. The number of likely N-dealkylation sites (N-methyl/N-ethyl adjacent to an activating group) is 1. The molecule has 0 aromatic carbocycles. The summed E-state index contributed by atoms with van der Waals surface area (Å²) < 4.78 is 12.1. The maximum Gasteiger partial charge on any atom is 0.362 e. The van der Waals surface area contributed by atoms with Crippen LogP contribution >= 0.6 is 7.60 Å². The number of hydrogen-bond acceptors (Lipinski definition) is 2. The van der Waals surface area contributed by atoms with E-state index in [2.05, 4.69) is 19.1 Å². The van der Waals surface area contributed by atoms with Crippen LogP contribution in [0.4, 0.5) is 0 Å². The lowest BCUT2D eigenvalue weighted by molar-refractivity contribution is -0.875. The molecular weight excluding hydrogens is 385 g/mol. The standard InChI is InChI=1S/C23H48NO4P/c1-5-6-7-8-9-10-11-12-13-14-15-16-17-18-19-20-21-23(25,29(26,27)28)22-24(2,3)4/h7-8,25H,5-6,9-22H2,1-4H3,(H-,26,27,28)/p+1/b8-7-. The quantitative estimate of drug-likeness (QED) is 0.101. The van der Waals surface area contributed by atoms with E-state index in [-0.39, 0.29) is 13.0 Å². The molecule has 0 rings (SSSR count). The van der Waals surface area contributed by atoms with Crippen molar-refractivity contribution in [2.24, 2.45) is 0 Å². The van der Waals surface area contributed by atoms with Gasteiger partial charge in [0, 0.05) is 0 Å². The van der Waals surface area contributed by atoms with Gasteiger partial charge in [-0.3, -0.25) is 4.57 Å². The van der Waals surface area contributed by atoms with Gasteiger partial charge >= 0.3 is 7.60 Å². The van der Waals surface area contributed by atoms with Crippen LogP contribution in [0.2, 0.25) is 0 Å². The second-order valence-electron chi connectivity index (χ2n) is 9.66. The van der Waals surface area contributed by atoms with Gasteiger partial charge in [0.2, 0.25) is 5.34 Å². The van der Waals surface area contributed by atoms with Crippen LogP contribution in [0.3, 0.4) is 0 Å². The summed E-state index contributed by atoms with van der Waals surface area (Å²) in [6, 6.07) is 0. The van der Waals surface area contributed by atoms with Crippen molar-refractivity contribution in [1.29, 1.82) is 0 Å². The third-order valence-corrected chi connectivity index (χ3v) is 6.79. The molecule has 0 fully saturated rings. The minimum atomic E-state index is -4.54. The number of aliphatic hydroxyl groups is 1. The summed E-state index contributed by atoms with van der Waals surface area (Å²) in [6.45, 7) is 2.27. The first-order valence-electron chi connectivity index (χ1n) is 11.8. The van der Waals surface area contributed by atoms with Crippen LogP contribution in [0, 0.1) is 0 Å². The Bertz CT molecular complexity index is 470. The molecule has 5 nitrogen and oxygen atoms in total. The highest BCUT2D eigenvalue weighted by atomic mass is 31.2. The third-order valence-electron chi connectivity index (χ3n) is 5.34. The van der Waals surface area contributed by atoms with Gasteiger partial charge in [-0.25, -0.2) is 0 Å². The van der Waals surface area contributed by atoms with Crippen molar-refractivity contribution in [2.75, 3.05) is 27.7 Å². The molecule has 0 bridgehead atoms. The average molecular weight is 435 g/mol. The molecule has 6 heteroatoms. The normalized spacial score (nSPS) is 15.1. The zero-order chi connectivity index (χ0) is 22.2. The van der Waals surface area contributed by atoms with Gasteiger partial charge in [0.25, 0.3) is 0 Å². The third kappa shape index (κ3) is 16.2. The summed E-state index contributed by atoms with van der Waals surface area (Å²) in [7, 11) is 0.978. The Balaban J connectivity index is 3.66. The van der Waals surface area contributed by atoms with E-state index in [1.165, 1.54) is 70.6 Å². The molecule has 0 aromatic rings. The molecule has 3 N–H and O–H groups in total. The van der Waals surface area contributed by atoms with Crippen molar-refractivity contribution < 1.29 is 23.9 Å². The van der Waals surface area contributed by atoms with E-state index >= 15 is 0 Å². The first kappa shape index (κ1) is 28.8. The molecule has 0 amide bonds. The van der Waals surface area contributed by atoms with Crippen molar-refractivity contribution in [1.82, 2.24) is 0 Å². The van der Waals surface area contributed by atoms with Gasteiger partial charge in [-0.15, -0.1) is 0 Å². The van der Waals surface area contributed by atoms with E-state index in [0.29, 0.717) is 10.9 Å². The van der Waals surface area contributed by atoms with E-state index in [1.54, 1.807) is 0 Å². The lowest BCUT2D eigenvalue weighted by Gasteiger charge is -2.35. The Morgan fingerprint density at radius 3 is 1.59 bits per heavy atom. The number of quaternary nitrogens is 1. The van der Waals surface area contributed by atoms with Crippen LogP contribution < -0.4 is 0 Å². The fraction of sp³-hybridized carbons (Fsp3) is 0.913. The van der Waals surface area contributed by atoms with Gasteiger partial charge in [-0.05, 0) is 32.1 Å². The summed E-state index contributed by atoms with van der Waals surface area (Å²) in [5.41, 5.74) is 0. The Morgan fingerprint density at radius 2 is 1.17 bits per heavy atom. The largest absolute Gasteiger partial charge is 0.373 e. The molecule has 0 aromatic heterocycles. The molecular formula is C23H49NO4P+. The summed E-state index contributed by atoms with van der Waals surface area (Å²) in [5.74, 6) is 0. The van der Waals surface area contributed by atoms with Crippen molar-refractivity contribution >= 4 is 7.60 Å². The fourth-order valence-electron chi connectivity index (χ4n) is 3.74. The SMILES string of the molecule is CCC/C=C\CCCCCCCCCCCCCC(O)(C[N+](C)(C)C)P(=O)(O)O. The summed E-state index contributed by atoms with van der Waals surface area (Å²) in [4.78, 5) is 19.1. The van der Waals surface area contributed by atoms with Crippen LogP contribution in [-0.2, 0) is 4.57 Å². The molecule has 29 heavy (non-hydrogen) atoms. The molecule has 174 valence electrons. The lowest BCUT2D eigenvalue weighted by Crippen LogP contribution is -2.49. The van der Waals surface area contributed by atoms with Crippen molar-refractivity contribution in [3.8, 4) is 0 Å². The summed E-state index contributed by atoms with van der Waals surface area (Å²) in [5, 5.41) is 8.61. The topological polar surface area (TPSA) is 77.8 Å². The second-order valence-corrected chi connectivity index (χ2v) is 11.6. The number of allylic oxidation sites excluding steroid dienone is 2. The maximum absolute atomic E-state index is 11.8. The summed E-state index contributed by atoms with van der Waals surface area (Å²) in [6.07, 6.45) is 21.5. The van der Waals surface area contributed by atoms with Crippen molar-refractivity contribution in [3.05, 3.63) is 12.2 Å². The molecule has 1 atom stereocenters. The zero-order valence-corrected chi connectivity index (χ0v) is 20.5. The molecule has 1 unspecified atom stereocenters. The highest BCUT2D eigenvalue weighted by molar-refractivity contribution is 7.53. The predicted molar refractivity (Wildman–Crippen MR) is 124 cm³/mol. The zero-order valence-electron chi connectivity index (χ0n) is 19.6. The van der Waals surface area contributed by atoms with E-state index in [9.17, 15) is 19.5 Å². The Morgan fingerprint density at radius 1 is 0.759 bits per heavy atom. The molecule has 0 saturated heterocycles. The van der Waals surface area contributed by atoms with Gasteiger partial charge in [0.1, 0.15) is 6.54 Å². The van der Waals surface area contributed by atoms with Gasteiger partial charge in [-0.2, -0.15) is 0 Å². The molecule has 0 saturated carbocycles. The maximum atomic E-state index is 11.8. The molecule has 0 aliphatic carbocycles.